The minimum atomic E-state index is -1.24. The highest BCUT2D eigenvalue weighted by Gasteiger charge is 2.39. The number of nitrogens with zero attached hydrogens (tertiary/aromatic N) is 8. The van der Waals surface area contributed by atoms with Gasteiger partial charge in [0.15, 0.2) is 0 Å². The third-order valence-electron chi connectivity index (χ3n) is 17.9. The van der Waals surface area contributed by atoms with Crippen molar-refractivity contribution >= 4 is 105 Å². The number of carbonyl (C=O) groups is 10. The molecule has 2 saturated heterocycles. The molecule has 2 fully saturated rings. The number of aliphatic hydroxyl groups is 1. The molecule has 0 radical (unpaired) electrons. The number of nitro benzene ring substituents is 2. The number of benzene rings is 2. The molecule has 2 aromatic carbocycles. The summed E-state index contributed by atoms with van der Waals surface area (Å²) < 4.78 is 10.4. The van der Waals surface area contributed by atoms with E-state index in [1.54, 1.807) is 111 Å². The summed E-state index contributed by atoms with van der Waals surface area (Å²) in [6.45, 7) is 24.3. The highest BCUT2D eigenvalue weighted by atomic mass is 16.6. The standard InChI is InChI=1S/C29H40N6O6.C29H38N6O5.C16H12N2O7.CH4/c1-16(2)24(25(37)32-17(3)26(38)35-11-7-8-22(34-35)27(39)40)33-28(41)29(5,6)10-9-21-13-19-12-20(18(4)36)14-31-23(19)15-30-21;1-16(2)24-25(36)32-17(3)26(37)35-11-7-8-22(34-35)27(38)40-18(4)20-12-19-13-21(30-15-23(19)31-14-20)9-10-29(5,6)28(39)33-24;1-9-5-3-7-11(17(21)22)13(9)15(19)25-16(20)14-10(2)6-4-8-12(14)18(23)24;/h9-10,12-18,22,24,34,36H,7-8,11H2,1-6H3,(H,32,37)(H,33,41)(H,39,40);9-10,12-18,22,24,34H,7-8,11H2,1-6H3,(H,32,36)(H,33,39);3-8H,1-2H3;1H4/b2*10-9+;;/t2*17-,18+,22-,24-;;/m00../s1. The van der Waals surface area contributed by atoms with E-state index in [-0.39, 0.29) is 59.2 Å². The van der Waals surface area contributed by atoms with Crippen molar-refractivity contribution in [1.29, 1.82) is 0 Å². The van der Waals surface area contributed by atoms with Crippen LogP contribution in [-0.4, -0.2) is 159 Å². The average molecular weight is 1480 g/mol. The highest BCUT2D eigenvalue weighted by molar-refractivity contribution is 6.07. The first kappa shape index (κ1) is 84.6. The number of rotatable bonds is 15. The van der Waals surface area contributed by atoms with E-state index in [9.17, 15) is 78.4 Å². The molecular weight excluding hydrogens is 1380 g/mol. The highest BCUT2D eigenvalue weighted by Crippen LogP contribution is 2.30. The number of aryl methyl sites for hydroxylation is 2. The van der Waals surface area contributed by atoms with Crippen LogP contribution in [-0.2, 0) is 47.8 Å². The summed E-state index contributed by atoms with van der Waals surface area (Å²) in [6, 6.07) is 10.1. The number of hydrazine groups is 2. The monoisotopic (exact) mass is 1480 g/mol. The number of carbonyl (C=O) groups excluding carboxylic acids is 9. The smallest absolute Gasteiger partial charge is 0.353 e. The van der Waals surface area contributed by atoms with Crippen molar-refractivity contribution in [3.05, 3.63) is 163 Å². The van der Waals surface area contributed by atoms with E-state index in [1.807, 2.05) is 38.1 Å². The number of pyridine rings is 4. The average Bonchev–Trinajstić information content (AvgIpc) is 1.12. The lowest BCUT2D eigenvalue weighted by Crippen LogP contribution is -2.61. The molecular formula is C75H94N14O18. The second kappa shape index (κ2) is 36.6. The van der Waals surface area contributed by atoms with Gasteiger partial charge < -0.3 is 41.0 Å². The van der Waals surface area contributed by atoms with E-state index in [0.29, 0.717) is 72.3 Å². The zero-order valence-corrected chi connectivity index (χ0v) is 61.4. The summed E-state index contributed by atoms with van der Waals surface area (Å²) in [4.78, 5) is 166. The second-order valence-corrected chi connectivity index (χ2v) is 28.0. The van der Waals surface area contributed by atoms with Gasteiger partial charge in [-0.25, -0.2) is 20.4 Å². The Morgan fingerprint density at radius 2 is 1.36 bits per heavy atom. The van der Waals surface area contributed by atoms with E-state index in [4.69, 9.17) is 4.74 Å². The van der Waals surface area contributed by atoms with Crippen molar-refractivity contribution in [2.75, 3.05) is 13.1 Å². The molecule has 8 atom stereocenters. The first-order valence-electron chi connectivity index (χ1n) is 34.4. The normalized spacial score (nSPS) is 19.5. The molecule has 4 aromatic heterocycles. The molecule has 9 rings (SSSR count). The fourth-order valence-electron chi connectivity index (χ4n) is 11.3. The zero-order valence-electron chi connectivity index (χ0n) is 61.4. The van der Waals surface area contributed by atoms with Crippen molar-refractivity contribution in [1.82, 2.24) is 62.1 Å². The fourth-order valence-corrected chi connectivity index (χ4v) is 11.3. The molecule has 0 saturated carbocycles. The molecule has 107 heavy (non-hydrogen) atoms. The summed E-state index contributed by atoms with van der Waals surface area (Å²) in [5.41, 5.74) is 6.38. The molecule has 3 aliphatic rings. The van der Waals surface area contributed by atoms with E-state index in [2.05, 4.69) is 56.8 Å². The van der Waals surface area contributed by atoms with Crippen molar-refractivity contribution < 1.29 is 77.5 Å². The van der Waals surface area contributed by atoms with Gasteiger partial charge in [-0.2, -0.15) is 0 Å². The van der Waals surface area contributed by atoms with Crippen LogP contribution in [0.4, 0.5) is 11.4 Å². The lowest BCUT2D eigenvalue weighted by Gasteiger charge is -2.35. The SMILES string of the molecule is C.CC(C)[C@@H]1NC(=O)C(C)(C)/C=C/c2cc3cc(cnc3cn2)[C@@H](C)OC(=O)[C@@H]2CCCN(N2)C(=O)[C@H](C)NC1=O.CC(C)[C@H](NC(=O)C(C)(C)/C=C/c1cc2cc([C@@H](C)O)cnc2cn1)C(=O)N[C@@H](C)C(=O)N1CCC[C@@H](C(=O)O)N1.Cc1cccc([N+](=O)[O-])c1C(=O)OC(=O)c1c(C)cccc1[N+](=O)[O-]. The summed E-state index contributed by atoms with van der Waals surface area (Å²) in [6.07, 6.45) is 14.2. The van der Waals surface area contributed by atoms with Crippen molar-refractivity contribution in [2.24, 2.45) is 22.7 Å². The van der Waals surface area contributed by atoms with Gasteiger partial charge in [0.25, 0.3) is 23.2 Å². The van der Waals surface area contributed by atoms with Crippen molar-refractivity contribution in [3.8, 4) is 0 Å². The van der Waals surface area contributed by atoms with Crippen LogP contribution in [0.5, 0.6) is 0 Å². The van der Waals surface area contributed by atoms with Crippen LogP contribution in [0.1, 0.15) is 183 Å². The van der Waals surface area contributed by atoms with Crippen molar-refractivity contribution in [2.45, 2.75) is 179 Å². The van der Waals surface area contributed by atoms with Gasteiger partial charge in [0.05, 0.1) is 61.6 Å². The number of nitro groups is 2. The lowest BCUT2D eigenvalue weighted by molar-refractivity contribution is -0.385. The number of carboxylic acids is 1. The van der Waals surface area contributed by atoms with E-state index >= 15 is 0 Å². The topological polar surface area (TPSA) is 446 Å². The first-order valence-corrected chi connectivity index (χ1v) is 34.4. The zero-order chi connectivity index (χ0) is 78.4. The molecule has 0 spiro atoms. The Balaban J connectivity index is 0.000000258. The van der Waals surface area contributed by atoms with Crippen LogP contribution < -0.4 is 32.1 Å². The third kappa shape index (κ3) is 21.9. The summed E-state index contributed by atoms with van der Waals surface area (Å²) in [5, 5.41) is 56.5. The predicted molar refractivity (Wildman–Crippen MR) is 394 cm³/mol. The molecule has 32 nitrogen and oxygen atoms in total. The van der Waals surface area contributed by atoms with Crippen LogP contribution in [0, 0.1) is 56.7 Å². The molecule has 0 unspecified atom stereocenters. The maximum Gasteiger partial charge on any atom is 0.353 e. The molecule has 32 heteroatoms. The molecule has 6 amide bonds. The van der Waals surface area contributed by atoms with Crippen LogP contribution in [0.2, 0.25) is 0 Å². The minimum absolute atomic E-state index is 0. The maximum atomic E-state index is 13.3. The Kier molecular flexibility index (Phi) is 28.9. The number of aromatic nitrogens is 4. The summed E-state index contributed by atoms with van der Waals surface area (Å²) in [5.74, 6) is -7.06. The number of carboxylic acid groups (broad SMARTS) is 1. The van der Waals surface area contributed by atoms with Crippen LogP contribution in [0.3, 0.4) is 0 Å². The Labute approximate surface area is 618 Å². The second-order valence-electron chi connectivity index (χ2n) is 28.0. The lowest BCUT2D eigenvalue weighted by atomic mass is 9.90. The Hall–Kier alpha value is -11.4. The molecule has 8 N–H and O–H groups in total. The Morgan fingerprint density at radius 1 is 0.766 bits per heavy atom. The van der Waals surface area contributed by atoms with Gasteiger partial charge in [0.1, 0.15) is 53.5 Å². The van der Waals surface area contributed by atoms with Crippen LogP contribution in [0.15, 0.2) is 97.6 Å². The number of hydrogen-bond acceptors (Lipinski definition) is 23. The van der Waals surface area contributed by atoms with Gasteiger partial charge in [0, 0.05) is 54.0 Å². The number of nitrogens with one attached hydrogen (secondary N) is 6. The first-order chi connectivity index (χ1) is 49.8. The number of fused-ring (bicyclic) bond motifs is 5. The van der Waals surface area contributed by atoms with E-state index < -0.39 is 122 Å². The Morgan fingerprint density at radius 3 is 1.93 bits per heavy atom. The number of amides is 6. The maximum absolute atomic E-state index is 13.3. The number of hydrogen-bond donors (Lipinski definition) is 8. The van der Waals surface area contributed by atoms with E-state index in [1.165, 1.54) is 55.1 Å². The number of ether oxygens (including phenoxy) is 2. The number of aliphatic hydroxyl groups excluding tert-OH is 1. The van der Waals surface area contributed by atoms with Gasteiger partial charge in [-0.15, -0.1) is 0 Å². The third-order valence-corrected chi connectivity index (χ3v) is 17.9. The van der Waals surface area contributed by atoms with E-state index in [0.717, 1.165) is 22.9 Å². The van der Waals surface area contributed by atoms with Crippen molar-refractivity contribution in [3.63, 3.8) is 0 Å². The number of cyclic esters (lactones) is 1. The minimum Gasteiger partial charge on any atom is -0.480 e. The van der Waals surface area contributed by atoms with Gasteiger partial charge in [-0.3, -0.25) is 88.5 Å². The summed E-state index contributed by atoms with van der Waals surface area (Å²) >= 11 is 0. The Bertz CT molecular complexity index is 4370. The van der Waals surface area contributed by atoms with Crippen LogP contribution in [0.25, 0.3) is 34.0 Å². The van der Waals surface area contributed by atoms with Gasteiger partial charge in [0.2, 0.25) is 23.6 Å². The molecule has 3 aliphatic heterocycles. The van der Waals surface area contributed by atoms with Gasteiger partial charge in [-0.05, 0) is 160 Å². The number of esters is 3. The number of aliphatic carboxylic acids is 1. The van der Waals surface area contributed by atoms with Crippen LogP contribution >= 0.6 is 0 Å². The largest absolute Gasteiger partial charge is 0.480 e. The van der Waals surface area contributed by atoms with Gasteiger partial charge in [-0.1, -0.05) is 71.5 Å². The fraction of sp³-hybridized carbons (Fsp3) is 0.440. The predicted octanol–water partition coefficient (Wildman–Crippen LogP) is 8.13. The molecule has 0 aliphatic carbocycles. The molecule has 572 valence electrons. The molecule has 5 bridgehead atoms. The van der Waals surface area contributed by atoms with Gasteiger partial charge >= 0.3 is 23.9 Å². The summed E-state index contributed by atoms with van der Waals surface area (Å²) in [7, 11) is 0. The molecule has 7 heterocycles. The quantitative estimate of drug-likeness (QED) is 0.0208. The molecule has 6 aromatic rings.